The summed E-state index contributed by atoms with van der Waals surface area (Å²) in [5.41, 5.74) is 0.885. The van der Waals surface area contributed by atoms with Gasteiger partial charge in [0.1, 0.15) is 12.9 Å². The molecule has 1 saturated carbocycles. The van der Waals surface area contributed by atoms with E-state index in [0.717, 1.165) is 28.9 Å². The van der Waals surface area contributed by atoms with Gasteiger partial charge in [0, 0.05) is 6.04 Å². The molecule has 1 aliphatic carbocycles. The molecule has 0 atom stereocenters. The molecule has 1 fully saturated rings. The van der Waals surface area contributed by atoms with Crippen LogP contribution >= 0.6 is 11.3 Å². The molecule has 0 aliphatic heterocycles. The lowest BCUT2D eigenvalue weighted by molar-refractivity contribution is -0.135. The van der Waals surface area contributed by atoms with Crippen LogP contribution in [-0.2, 0) is 4.79 Å². The van der Waals surface area contributed by atoms with Crippen molar-refractivity contribution in [2.45, 2.75) is 18.9 Å². The van der Waals surface area contributed by atoms with Gasteiger partial charge in [0.2, 0.25) is 0 Å². The molecule has 5 nitrogen and oxygen atoms in total. The van der Waals surface area contributed by atoms with Crippen LogP contribution in [0, 0.1) is 0 Å². The zero-order chi connectivity index (χ0) is 11.8. The van der Waals surface area contributed by atoms with Gasteiger partial charge in [-0.15, -0.1) is 11.3 Å². The van der Waals surface area contributed by atoms with Crippen LogP contribution in [0.1, 0.15) is 12.8 Å². The van der Waals surface area contributed by atoms with E-state index in [1.807, 2.05) is 16.3 Å². The number of carboxylic acid groups (broad SMARTS) is 1. The van der Waals surface area contributed by atoms with Gasteiger partial charge in [-0.05, 0) is 24.3 Å². The molecule has 1 N–H and O–H groups in total. The summed E-state index contributed by atoms with van der Waals surface area (Å²) < 4.78 is 0.973. The largest absolute Gasteiger partial charge is 0.480 e. The lowest BCUT2D eigenvalue weighted by Gasteiger charge is -2.21. The molecular weight excluding hydrogens is 238 g/mol. The molecule has 0 unspecified atom stereocenters. The number of fused-ring (bicyclic) bond motifs is 1. The summed E-state index contributed by atoms with van der Waals surface area (Å²) in [4.78, 5) is 21.2. The van der Waals surface area contributed by atoms with Crippen LogP contribution in [0.5, 0.6) is 0 Å². The van der Waals surface area contributed by atoms with Crippen molar-refractivity contribution < 1.29 is 9.90 Å². The molecular formula is C11H11N3O2S. The first kappa shape index (κ1) is 10.5. The van der Waals surface area contributed by atoms with E-state index in [1.54, 1.807) is 11.3 Å². The smallest absolute Gasteiger partial charge is 0.323 e. The van der Waals surface area contributed by atoms with Gasteiger partial charge in [-0.2, -0.15) is 0 Å². The number of hydrogen-bond donors (Lipinski definition) is 1. The number of thiophene rings is 1. The van der Waals surface area contributed by atoms with Gasteiger partial charge >= 0.3 is 5.97 Å². The number of aliphatic carboxylic acids is 1. The number of aromatic nitrogens is 2. The molecule has 0 aromatic carbocycles. The first-order valence-electron chi connectivity index (χ1n) is 5.42. The molecule has 0 spiro atoms. The topological polar surface area (TPSA) is 66.3 Å². The van der Waals surface area contributed by atoms with Crippen LogP contribution < -0.4 is 4.90 Å². The van der Waals surface area contributed by atoms with Gasteiger partial charge in [-0.25, -0.2) is 9.97 Å². The minimum atomic E-state index is -0.819. The lowest BCUT2D eigenvalue weighted by Crippen LogP contribution is -2.32. The molecule has 17 heavy (non-hydrogen) atoms. The first-order chi connectivity index (χ1) is 8.25. The highest BCUT2D eigenvalue weighted by molar-refractivity contribution is 7.17. The van der Waals surface area contributed by atoms with E-state index in [2.05, 4.69) is 9.97 Å². The Kier molecular flexibility index (Phi) is 2.44. The maximum atomic E-state index is 10.9. The predicted octanol–water partition coefficient (Wildman–Crippen LogP) is 1.74. The highest BCUT2D eigenvalue weighted by atomic mass is 32.1. The molecule has 88 valence electrons. The van der Waals surface area contributed by atoms with E-state index in [1.165, 1.54) is 6.33 Å². The molecule has 1 aliphatic rings. The van der Waals surface area contributed by atoms with E-state index in [9.17, 15) is 4.79 Å². The fourth-order valence-corrected chi connectivity index (χ4v) is 2.74. The average molecular weight is 249 g/mol. The van der Waals surface area contributed by atoms with E-state index in [4.69, 9.17) is 5.11 Å². The second-order valence-corrected chi connectivity index (χ2v) is 5.00. The maximum absolute atomic E-state index is 10.9. The fourth-order valence-electron chi connectivity index (χ4n) is 1.89. The van der Waals surface area contributed by atoms with Gasteiger partial charge in [0.25, 0.3) is 0 Å². The summed E-state index contributed by atoms with van der Waals surface area (Å²) in [6.07, 6.45) is 3.59. The Hall–Kier alpha value is -1.69. The zero-order valence-corrected chi connectivity index (χ0v) is 9.85. The Morgan fingerprint density at radius 3 is 3.06 bits per heavy atom. The van der Waals surface area contributed by atoms with Crippen LogP contribution in [0.2, 0.25) is 0 Å². The van der Waals surface area contributed by atoms with E-state index in [-0.39, 0.29) is 6.54 Å². The van der Waals surface area contributed by atoms with Crippen molar-refractivity contribution in [2.75, 3.05) is 11.4 Å². The molecule has 2 heterocycles. The number of carbonyl (C=O) groups is 1. The third-order valence-electron chi connectivity index (χ3n) is 2.79. The van der Waals surface area contributed by atoms with Gasteiger partial charge in [-0.3, -0.25) is 4.79 Å². The van der Waals surface area contributed by atoms with E-state index >= 15 is 0 Å². The summed E-state index contributed by atoms with van der Waals surface area (Å²) in [5.74, 6) is -0.0601. The van der Waals surface area contributed by atoms with E-state index < -0.39 is 5.97 Å². The Bertz CT molecular complexity index is 565. The number of rotatable bonds is 4. The maximum Gasteiger partial charge on any atom is 0.323 e. The highest BCUT2D eigenvalue weighted by Crippen LogP contribution is 2.35. The monoisotopic (exact) mass is 249 g/mol. The van der Waals surface area contributed by atoms with Gasteiger partial charge in [-0.1, -0.05) is 0 Å². The molecule has 2 aromatic heterocycles. The lowest BCUT2D eigenvalue weighted by atomic mass is 10.4. The fraction of sp³-hybridized carbons (Fsp3) is 0.364. The molecule has 6 heteroatoms. The molecule has 0 radical (unpaired) electrons. The molecule has 0 amide bonds. The van der Waals surface area contributed by atoms with Crippen LogP contribution in [-0.4, -0.2) is 33.6 Å². The van der Waals surface area contributed by atoms with Crippen molar-refractivity contribution in [2.24, 2.45) is 0 Å². The second-order valence-electron chi connectivity index (χ2n) is 4.09. The number of nitrogens with zero attached hydrogens (tertiary/aromatic N) is 3. The predicted molar refractivity (Wildman–Crippen MR) is 65.4 cm³/mol. The highest BCUT2D eigenvalue weighted by Gasteiger charge is 2.32. The summed E-state index contributed by atoms with van der Waals surface area (Å²) in [6, 6.07) is 2.25. The quantitative estimate of drug-likeness (QED) is 0.894. The Labute approximate surface area is 102 Å². The Morgan fingerprint density at radius 2 is 2.35 bits per heavy atom. The van der Waals surface area contributed by atoms with Crippen molar-refractivity contribution in [1.82, 2.24) is 9.97 Å². The summed E-state index contributed by atoms with van der Waals surface area (Å²) in [6.45, 7) is 0.00861. The minimum Gasteiger partial charge on any atom is -0.480 e. The SMILES string of the molecule is O=C(O)CN(c1ncnc2ccsc12)C1CC1. The van der Waals surface area contributed by atoms with Crippen LogP contribution in [0.25, 0.3) is 10.2 Å². The molecule has 0 saturated heterocycles. The summed E-state index contributed by atoms with van der Waals surface area (Å²) in [5, 5.41) is 10.9. The number of carboxylic acids is 1. The van der Waals surface area contributed by atoms with Gasteiger partial charge in [0.05, 0.1) is 10.2 Å². The van der Waals surface area contributed by atoms with Crippen LogP contribution in [0.3, 0.4) is 0 Å². The summed E-state index contributed by atoms with van der Waals surface area (Å²) >= 11 is 1.55. The number of anilines is 1. The standard InChI is InChI=1S/C11H11N3O2S/c15-9(16)5-14(7-1-2-7)11-10-8(3-4-17-10)12-6-13-11/h3-4,6-7H,1-2,5H2,(H,15,16). The van der Waals surface area contributed by atoms with Crippen LogP contribution in [0.15, 0.2) is 17.8 Å². The second kappa shape index (κ2) is 3.96. The zero-order valence-electron chi connectivity index (χ0n) is 9.04. The van der Waals surface area contributed by atoms with Crippen molar-refractivity contribution in [1.29, 1.82) is 0 Å². The van der Waals surface area contributed by atoms with Crippen molar-refractivity contribution in [3.63, 3.8) is 0 Å². The third kappa shape index (κ3) is 1.95. The van der Waals surface area contributed by atoms with Crippen molar-refractivity contribution in [3.05, 3.63) is 17.8 Å². The number of hydrogen-bond acceptors (Lipinski definition) is 5. The third-order valence-corrected chi connectivity index (χ3v) is 3.69. The molecule has 2 aromatic rings. The minimum absolute atomic E-state index is 0.00861. The molecule has 0 bridgehead atoms. The normalized spacial score (nSPS) is 15.1. The average Bonchev–Trinajstić information content (AvgIpc) is 3.02. The molecule has 3 rings (SSSR count). The van der Waals surface area contributed by atoms with E-state index in [0.29, 0.717) is 6.04 Å². The van der Waals surface area contributed by atoms with Crippen molar-refractivity contribution >= 4 is 33.3 Å². The van der Waals surface area contributed by atoms with Gasteiger partial charge < -0.3 is 10.0 Å². The summed E-state index contributed by atoms with van der Waals surface area (Å²) in [7, 11) is 0. The van der Waals surface area contributed by atoms with Crippen LogP contribution in [0.4, 0.5) is 5.82 Å². The van der Waals surface area contributed by atoms with Crippen molar-refractivity contribution in [3.8, 4) is 0 Å². The Morgan fingerprint density at radius 1 is 1.53 bits per heavy atom. The Balaban J connectivity index is 2.04. The van der Waals surface area contributed by atoms with Gasteiger partial charge in [0.15, 0.2) is 5.82 Å². The first-order valence-corrected chi connectivity index (χ1v) is 6.30.